The Bertz CT molecular complexity index is 227. The van der Waals surface area contributed by atoms with Crippen LogP contribution in [-0.4, -0.2) is 44.0 Å². The summed E-state index contributed by atoms with van der Waals surface area (Å²) in [6.07, 6.45) is 0.204. The minimum Gasteiger partial charge on any atom is -0.497 e. The Kier molecular flexibility index (Phi) is 15.5. The minimum atomic E-state index is -0.496. The third-order valence-corrected chi connectivity index (χ3v) is 1.20. The Morgan fingerprint density at radius 1 is 0.529 bits per heavy atom. The molecule has 0 aromatic rings. The summed E-state index contributed by atoms with van der Waals surface area (Å²) in [5.41, 5.74) is 0. The van der Waals surface area contributed by atoms with Gasteiger partial charge in [0.15, 0.2) is 23.6 Å². The van der Waals surface area contributed by atoms with Crippen LogP contribution in [0.2, 0.25) is 0 Å². The van der Waals surface area contributed by atoms with Crippen molar-refractivity contribution in [2.45, 2.75) is 25.7 Å². The van der Waals surface area contributed by atoms with Gasteiger partial charge in [-0.2, -0.15) is 0 Å². The van der Waals surface area contributed by atoms with Gasteiger partial charge in [-0.25, -0.2) is 0 Å². The predicted molar refractivity (Wildman–Crippen MR) is 59.9 cm³/mol. The summed E-state index contributed by atoms with van der Waals surface area (Å²) >= 11 is 0. The van der Waals surface area contributed by atoms with Crippen LogP contribution >= 0.6 is 0 Å². The monoisotopic (exact) mass is 330 g/mol. The van der Waals surface area contributed by atoms with Crippen molar-refractivity contribution in [1.82, 2.24) is 0 Å². The molecule has 0 aliphatic carbocycles. The maximum Gasteiger partial charge on any atom is 0.178 e. The van der Waals surface area contributed by atoms with Crippen LogP contribution in [0.3, 0.4) is 0 Å². The summed E-state index contributed by atoms with van der Waals surface area (Å²) in [6.45, 7) is 0. The summed E-state index contributed by atoms with van der Waals surface area (Å²) in [6, 6.07) is 0. The van der Waals surface area contributed by atoms with Crippen LogP contribution in [0.4, 0.5) is 0 Å². The number of rotatable bonds is 6. The predicted octanol–water partition coefficient (Wildman–Crippen LogP) is 1.67. The smallest absolute Gasteiger partial charge is 0.178 e. The Balaban J connectivity index is -0.000000218. The molecule has 0 spiro atoms. The molecule has 0 bridgehead atoms. The van der Waals surface area contributed by atoms with Gasteiger partial charge < -0.3 is 20.4 Å². The molecule has 0 amide bonds. The number of hydrogen-bond donors (Lipinski definition) is 8. The average molecular weight is 328 g/mol. The maximum absolute atomic E-state index is 8.18. The van der Waals surface area contributed by atoms with E-state index in [1.165, 1.54) is 0 Å². The molecule has 0 rings (SSSR count). The van der Waals surface area contributed by atoms with Crippen molar-refractivity contribution in [2.24, 2.45) is 0 Å². The molecule has 8 N–H and O–H groups in total. The topological polar surface area (TPSA) is 176 Å². The molecule has 17 heavy (non-hydrogen) atoms. The summed E-state index contributed by atoms with van der Waals surface area (Å²) in [7, 11) is 0. The molecule has 0 aromatic heterocycles. The standard InChI is InChI=1S/2C4H8N2O2.Mo/c2*5-3(7)1-2-4(6)8;/h2*1-2H2,(H2,5,7)(H2,6,8);. The van der Waals surface area contributed by atoms with E-state index in [9.17, 15) is 0 Å². The zero-order valence-corrected chi connectivity index (χ0v) is 11.0. The van der Waals surface area contributed by atoms with Crippen molar-refractivity contribution in [1.29, 1.82) is 21.6 Å². The van der Waals surface area contributed by atoms with Crippen molar-refractivity contribution in [3.8, 4) is 0 Å². The summed E-state index contributed by atoms with van der Waals surface area (Å²) in [5, 5.41) is 58.4. The van der Waals surface area contributed by atoms with Crippen LogP contribution in [0, 0.1) is 21.6 Å². The molecular weight excluding hydrogens is 312 g/mol. The van der Waals surface area contributed by atoms with E-state index in [0.717, 1.165) is 0 Å². The second-order valence-corrected chi connectivity index (χ2v) is 2.79. The summed E-state index contributed by atoms with van der Waals surface area (Å²) < 4.78 is 0. The molecule has 98 valence electrons. The van der Waals surface area contributed by atoms with Crippen molar-refractivity contribution >= 4 is 23.6 Å². The third-order valence-electron chi connectivity index (χ3n) is 1.20. The molecule has 0 atom stereocenters. The molecule has 0 saturated heterocycles. The molecule has 0 saturated carbocycles. The molecule has 0 unspecified atom stereocenters. The molecule has 9 heteroatoms. The van der Waals surface area contributed by atoms with Gasteiger partial charge in [-0.05, 0) is 0 Å². The van der Waals surface area contributed by atoms with Gasteiger partial charge in [0.05, 0.1) is 0 Å². The van der Waals surface area contributed by atoms with Gasteiger partial charge >= 0.3 is 0 Å². The molecule has 0 aliphatic heterocycles. The SMILES string of the molecule is N=C(O)CCC(=N)O.N=C(O)CCC(=N)O.[Mo]. The van der Waals surface area contributed by atoms with Crippen LogP contribution in [0.1, 0.15) is 25.7 Å². The number of nitrogens with one attached hydrogen (secondary N) is 4. The van der Waals surface area contributed by atoms with Gasteiger partial charge in [-0.3, -0.25) is 21.6 Å². The first kappa shape index (κ1) is 20.9. The first-order valence-corrected chi connectivity index (χ1v) is 4.31. The molecule has 0 aromatic carbocycles. The molecule has 0 fully saturated rings. The van der Waals surface area contributed by atoms with Crippen LogP contribution in [0.5, 0.6) is 0 Å². The molecule has 0 radical (unpaired) electrons. The second kappa shape index (κ2) is 12.6. The van der Waals surface area contributed by atoms with Gasteiger partial charge in [0.1, 0.15) is 0 Å². The fourth-order valence-electron chi connectivity index (χ4n) is 0.474. The zero-order chi connectivity index (χ0) is 13.1. The van der Waals surface area contributed by atoms with Crippen molar-refractivity contribution < 1.29 is 41.5 Å². The average Bonchev–Trinajstić information content (AvgIpc) is 2.12. The molecule has 0 heterocycles. The summed E-state index contributed by atoms with van der Waals surface area (Å²) in [5.74, 6) is -1.99. The van der Waals surface area contributed by atoms with Gasteiger partial charge in [0.2, 0.25) is 0 Å². The van der Waals surface area contributed by atoms with E-state index in [4.69, 9.17) is 42.1 Å². The molecule has 8 nitrogen and oxygen atoms in total. The van der Waals surface area contributed by atoms with E-state index < -0.39 is 23.6 Å². The Morgan fingerprint density at radius 2 is 0.647 bits per heavy atom. The van der Waals surface area contributed by atoms with E-state index in [1.54, 1.807) is 0 Å². The van der Waals surface area contributed by atoms with Crippen molar-refractivity contribution in [2.75, 3.05) is 0 Å². The Labute approximate surface area is 113 Å². The summed E-state index contributed by atoms with van der Waals surface area (Å²) in [4.78, 5) is 0. The number of aliphatic hydroxyl groups is 4. The zero-order valence-electron chi connectivity index (χ0n) is 9.03. The van der Waals surface area contributed by atoms with Crippen LogP contribution < -0.4 is 0 Å². The number of hydrogen-bond acceptors (Lipinski definition) is 4. The van der Waals surface area contributed by atoms with Crippen LogP contribution in [0.15, 0.2) is 0 Å². The van der Waals surface area contributed by atoms with Crippen LogP contribution in [-0.2, 0) is 21.1 Å². The number of aliphatic hydroxyl groups excluding tert-OH is 4. The van der Waals surface area contributed by atoms with Gasteiger partial charge in [-0.1, -0.05) is 0 Å². The van der Waals surface area contributed by atoms with Crippen molar-refractivity contribution in [3.05, 3.63) is 0 Å². The Hall–Kier alpha value is -1.43. The first-order chi connectivity index (χ1) is 7.25. The largest absolute Gasteiger partial charge is 0.497 e. The van der Waals surface area contributed by atoms with Crippen molar-refractivity contribution in [3.63, 3.8) is 0 Å². The fourth-order valence-corrected chi connectivity index (χ4v) is 0.474. The fraction of sp³-hybridized carbons (Fsp3) is 0.500. The van der Waals surface area contributed by atoms with E-state index in [-0.39, 0.29) is 46.7 Å². The van der Waals surface area contributed by atoms with E-state index in [1.807, 2.05) is 0 Å². The van der Waals surface area contributed by atoms with E-state index >= 15 is 0 Å². The van der Waals surface area contributed by atoms with Gasteiger partial charge in [0, 0.05) is 46.7 Å². The third kappa shape index (κ3) is 31.3. The van der Waals surface area contributed by atoms with Gasteiger partial charge in [0.25, 0.3) is 0 Å². The first-order valence-electron chi connectivity index (χ1n) is 4.31. The van der Waals surface area contributed by atoms with E-state index in [2.05, 4.69) is 0 Å². The molecule has 0 aliphatic rings. The second-order valence-electron chi connectivity index (χ2n) is 2.79. The normalized spacial score (nSPS) is 8.00. The minimum absolute atomic E-state index is 0. The van der Waals surface area contributed by atoms with Crippen LogP contribution in [0.25, 0.3) is 0 Å². The van der Waals surface area contributed by atoms with Gasteiger partial charge in [-0.15, -0.1) is 0 Å². The quantitative estimate of drug-likeness (QED) is 0.210. The Morgan fingerprint density at radius 3 is 0.706 bits per heavy atom. The van der Waals surface area contributed by atoms with E-state index in [0.29, 0.717) is 0 Å². The molecular formula is C8H16MoN4O4. The maximum atomic E-state index is 8.18.